The van der Waals surface area contributed by atoms with Crippen LogP contribution in [0.5, 0.6) is 0 Å². The van der Waals surface area contributed by atoms with Crippen molar-refractivity contribution in [2.24, 2.45) is 0 Å². The molecule has 0 amide bonds. The summed E-state index contributed by atoms with van der Waals surface area (Å²) >= 11 is 0. The van der Waals surface area contributed by atoms with Gasteiger partial charge in [-0.15, -0.1) is 0 Å². The number of para-hydroxylation sites is 1. The Balaban J connectivity index is 1.21. The van der Waals surface area contributed by atoms with Crippen molar-refractivity contribution in [2.75, 3.05) is 4.90 Å². The van der Waals surface area contributed by atoms with E-state index in [0.717, 1.165) is 17.1 Å². The maximum Gasteiger partial charge on any atom is 0.0725 e. The average molecular weight is 702 g/mol. The molecule has 0 N–H and O–H groups in total. The Hall–Kier alpha value is -6.70. The zero-order valence-corrected chi connectivity index (χ0v) is 31.0. The van der Waals surface area contributed by atoms with Gasteiger partial charge < -0.3 is 4.90 Å². The van der Waals surface area contributed by atoms with Gasteiger partial charge in [0.15, 0.2) is 0 Å². The summed E-state index contributed by atoms with van der Waals surface area (Å²) in [5.74, 6) is 0. The fourth-order valence-corrected chi connectivity index (χ4v) is 10.1. The molecule has 0 aromatic heterocycles. The van der Waals surface area contributed by atoms with E-state index in [0.29, 0.717) is 0 Å². The van der Waals surface area contributed by atoms with Crippen LogP contribution in [-0.2, 0) is 10.8 Å². The van der Waals surface area contributed by atoms with Crippen molar-refractivity contribution in [3.05, 3.63) is 233 Å². The number of anilines is 3. The van der Waals surface area contributed by atoms with Crippen LogP contribution in [0.25, 0.3) is 45.5 Å². The molecule has 260 valence electrons. The summed E-state index contributed by atoms with van der Waals surface area (Å²) in [6, 6.07) is 70.0. The predicted molar refractivity (Wildman–Crippen MR) is 230 cm³/mol. The smallest absolute Gasteiger partial charge is 0.0725 e. The van der Waals surface area contributed by atoms with Crippen LogP contribution in [-0.4, -0.2) is 0 Å². The summed E-state index contributed by atoms with van der Waals surface area (Å²) in [5.41, 5.74) is 20.9. The molecule has 0 fully saturated rings. The van der Waals surface area contributed by atoms with Crippen LogP contribution < -0.4 is 4.90 Å². The molecular formula is C54H39N. The largest absolute Gasteiger partial charge is 0.310 e. The van der Waals surface area contributed by atoms with E-state index >= 15 is 0 Å². The highest BCUT2D eigenvalue weighted by atomic mass is 15.1. The molecule has 0 saturated heterocycles. The first-order valence-corrected chi connectivity index (χ1v) is 19.4. The molecule has 0 radical (unpaired) electrons. The average Bonchev–Trinajstić information content (AvgIpc) is 3.59. The molecule has 0 atom stereocenters. The van der Waals surface area contributed by atoms with Gasteiger partial charge in [0.25, 0.3) is 0 Å². The molecule has 0 heterocycles. The van der Waals surface area contributed by atoms with Crippen LogP contribution in [0.3, 0.4) is 0 Å². The Labute approximate surface area is 323 Å². The Morgan fingerprint density at radius 3 is 1.45 bits per heavy atom. The second-order valence-corrected chi connectivity index (χ2v) is 15.7. The molecule has 0 unspecified atom stereocenters. The number of hydrogen-bond donors (Lipinski definition) is 0. The summed E-state index contributed by atoms with van der Waals surface area (Å²) in [4.78, 5) is 2.51. The highest BCUT2D eigenvalue weighted by Gasteiger charge is 2.48. The van der Waals surface area contributed by atoms with Crippen molar-refractivity contribution in [1.29, 1.82) is 0 Å². The molecule has 1 heteroatoms. The fourth-order valence-electron chi connectivity index (χ4n) is 10.1. The van der Waals surface area contributed by atoms with E-state index in [2.05, 4.69) is 219 Å². The van der Waals surface area contributed by atoms with Crippen LogP contribution in [0, 0.1) is 0 Å². The zero-order chi connectivity index (χ0) is 36.7. The first-order valence-electron chi connectivity index (χ1n) is 19.4. The van der Waals surface area contributed by atoms with Crippen molar-refractivity contribution in [3.8, 4) is 33.4 Å². The normalized spacial score (nSPS) is 14.6. The van der Waals surface area contributed by atoms with E-state index in [-0.39, 0.29) is 5.41 Å². The lowest BCUT2D eigenvalue weighted by Crippen LogP contribution is -2.30. The number of benzene rings is 8. The van der Waals surface area contributed by atoms with Crippen LogP contribution >= 0.6 is 0 Å². The van der Waals surface area contributed by atoms with E-state index in [9.17, 15) is 0 Å². The Morgan fingerprint density at radius 2 is 0.800 bits per heavy atom. The van der Waals surface area contributed by atoms with E-state index in [4.69, 9.17) is 0 Å². The van der Waals surface area contributed by atoms with Gasteiger partial charge in [0.05, 0.1) is 11.1 Å². The Morgan fingerprint density at radius 1 is 0.345 bits per heavy atom. The Bertz CT molecular complexity index is 2810. The minimum absolute atomic E-state index is 0.128. The third kappa shape index (κ3) is 4.47. The van der Waals surface area contributed by atoms with Crippen molar-refractivity contribution in [1.82, 2.24) is 0 Å². The molecule has 3 aliphatic rings. The van der Waals surface area contributed by atoms with E-state index in [1.54, 1.807) is 0 Å². The molecule has 8 aromatic carbocycles. The predicted octanol–water partition coefficient (Wildman–Crippen LogP) is 14.0. The van der Waals surface area contributed by atoms with Gasteiger partial charge in [0.2, 0.25) is 0 Å². The topological polar surface area (TPSA) is 3.24 Å². The standard InChI is InChI=1S/C54H39N/c1-53(2)48-25-13-8-21-42(48)44-32-30-39(34-50(44)53)55(52-27-15-10-20-41(52)36-16-4-3-5-17-36)40-31-33-45-43-22-9-14-26-49(43)54(51(45)35-40)46-23-11-6-18-37(46)28-29-38-19-7-12-24-47(38)54/h3-35H,1-2H3. The van der Waals surface area contributed by atoms with Gasteiger partial charge in [-0.3, -0.25) is 0 Å². The molecule has 1 spiro atoms. The van der Waals surface area contributed by atoms with Crippen LogP contribution in [0.2, 0.25) is 0 Å². The van der Waals surface area contributed by atoms with Crippen molar-refractivity contribution < 1.29 is 0 Å². The number of fused-ring (bicyclic) bond motifs is 12. The summed E-state index contributed by atoms with van der Waals surface area (Å²) in [7, 11) is 0. The summed E-state index contributed by atoms with van der Waals surface area (Å²) in [5, 5.41) is 0. The SMILES string of the molecule is CC1(C)c2ccccc2-c2ccc(N(c3ccc4c(c3)C3(c5ccccc5C=Cc5ccccc53)c3ccccc3-4)c3ccccc3-c3ccccc3)cc21. The maximum absolute atomic E-state index is 2.51. The molecule has 11 rings (SSSR count). The second kappa shape index (κ2) is 11.9. The lowest BCUT2D eigenvalue weighted by Gasteiger charge is -2.36. The monoisotopic (exact) mass is 701 g/mol. The van der Waals surface area contributed by atoms with Crippen molar-refractivity contribution in [3.63, 3.8) is 0 Å². The third-order valence-corrected chi connectivity index (χ3v) is 12.5. The molecule has 0 aliphatic heterocycles. The minimum Gasteiger partial charge on any atom is -0.310 e. The Kier molecular flexibility index (Phi) is 6.88. The van der Waals surface area contributed by atoms with Crippen LogP contribution in [0.1, 0.15) is 58.4 Å². The first-order chi connectivity index (χ1) is 27.0. The summed E-state index contributed by atoms with van der Waals surface area (Å²) in [6.07, 6.45) is 4.61. The molecule has 0 bridgehead atoms. The van der Waals surface area contributed by atoms with Gasteiger partial charge in [-0.2, -0.15) is 0 Å². The first kappa shape index (κ1) is 31.8. The molecule has 8 aromatic rings. The van der Waals surface area contributed by atoms with E-state index in [1.807, 2.05) is 0 Å². The van der Waals surface area contributed by atoms with Gasteiger partial charge in [-0.25, -0.2) is 0 Å². The summed E-state index contributed by atoms with van der Waals surface area (Å²) < 4.78 is 0. The molecular weight excluding hydrogens is 663 g/mol. The number of rotatable bonds is 4. The summed E-state index contributed by atoms with van der Waals surface area (Å²) in [6.45, 7) is 4.74. The number of hydrogen-bond acceptors (Lipinski definition) is 1. The van der Waals surface area contributed by atoms with Crippen molar-refractivity contribution >= 4 is 29.2 Å². The van der Waals surface area contributed by atoms with Gasteiger partial charge in [-0.1, -0.05) is 184 Å². The quantitative estimate of drug-likeness (QED) is 0.177. The van der Waals surface area contributed by atoms with Crippen LogP contribution in [0.15, 0.2) is 188 Å². The van der Waals surface area contributed by atoms with Crippen molar-refractivity contribution in [2.45, 2.75) is 24.7 Å². The molecule has 3 aliphatic carbocycles. The highest BCUT2D eigenvalue weighted by Crippen LogP contribution is 2.60. The maximum atomic E-state index is 2.51. The van der Waals surface area contributed by atoms with E-state index in [1.165, 1.54) is 77.9 Å². The molecule has 1 nitrogen and oxygen atoms in total. The van der Waals surface area contributed by atoms with Crippen LogP contribution in [0.4, 0.5) is 17.1 Å². The zero-order valence-electron chi connectivity index (χ0n) is 31.0. The lowest BCUT2D eigenvalue weighted by molar-refractivity contribution is 0.660. The highest BCUT2D eigenvalue weighted by molar-refractivity contribution is 5.95. The lowest BCUT2D eigenvalue weighted by atomic mass is 9.66. The molecule has 55 heavy (non-hydrogen) atoms. The minimum atomic E-state index is -0.509. The third-order valence-electron chi connectivity index (χ3n) is 12.5. The van der Waals surface area contributed by atoms with E-state index < -0.39 is 5.41 Å². The second-order valence-electron chi connectivity index (χ2n) is 15.7. The fraction of sp³-hybridized carbons (Fsp3) is 0.0741. The van der Waals surface area contributed by atoms with Gasteiger partial charge >= 0.3 is 0 Å². The number of nitrogens with zero attached hydrogens (tertiary/aromatic N) is 1. The molecule has 0 saturated carbocycles. The van der Waals surface area contributed by atoms with Gasteiger partial charge in [0, 0.05) is 22.4 Å². The van der Waals surface area contributed by atoms with Gasteiger partial charge in [-0.05, 0) is 103 Å². The van der Waals surface area contributed by atoms with Gasteiger partial charge in [0.1, 0.15) is 0 Å².